The minimum absolute atomic E-state index is 0.518. The van der Waals surface area contributed by atoms with Gasteiger partial charge in [0, 0.05) is 5.56 Å². The normalized spacial score (nSPS) is 10.7. The largest absolute Gasteiger partial charge is 0.491 e. The van der Waals surface area contributed by atoms with Gasteiger partial charge in [0.1, 0.15) is 5.75 Å². The molecule has 3 rings (SSSR count). The van der Waals surface area contributed by atoms with Crippen LogP contribution in [0, 0.1) is 4.77 Å². The number of benzene rings is 2. The van der Waals surface area contributed by atoms with Gasteiger partial charge in [-0.25, -0.2) is 9.77 Å². The van der Waals surface area contributed by atoms with Gasteiger partial charge in [0.2, 0.25) is 4.77 Å². The van der Waals surface area contributed by atoms with Crippen LogP contribution in [0.3, 0.4) is 0 Å². The van der Waals surface area contributed by atoms with Crippen LogP contribution >= 0.6 is 44.1 Å². The summed E-state index contributed by atoms with van der Waals surface area (Å²) >= 11 is 12.5. The molecule has 0 aliphatic heterocycles. The third kappa shape index (κ3) is 4.36. The van der Waals surface area contributed by atoms with Crippen molar-refractivity contribution in [2.24, 2.45) is 0 Å². The molecule has 0 radical (unpaired) electrons. The number of aromatic nitrogens is 3. The van der Waals surface area contributed by atoms with Crippen molar-refractivity contribution in [2.75, 3.05) is 12.0 Å². The molecule has 0 aliphatic rings. The molecule has 0 unspecified atom stereocenters. The summed E-state index contributed by atoms with van der Waals surface area (Å²) < 4.78 is 9.90. The lowest BCUT2D eigenvalue weighted by Gasteiger charge is -2.14. The molecule has 0 aliphatic carbocycles. The second kappa shape index (κ2) is 8.83. The Morgan fingerprint density at radius 1 is 1.19 bits per heavy atom. The zero-order chi connectivity index (χ0) is 18.5. The van der Waals surface area contributed by atoms with E-state index in [-0.39, 0.29) is 0 Å². The molecule has 0 saturated heterocycles. The highest BCUT2D eigenvalue weighted by atomic mass is 79.9. The number of nitrogens with one attached hydrogen (secondary N) is 2. The lowest BCUT2D eigenvalue weighted by molar-refractivity contribution is 0.313. The van der Waals surface area contributed by atoms with E-state index < -0.39 is 0 Å². The Bertz CT molecular complexity index is 917. The number of hydrogen-bond acceptors (Lipinski definition) is 4. The Kier molecular flexibility index (Phi) is 6.50. The summed E-state index contributed by atoms with van der Waals surface area (Å²) in [5.41, 5.74) is 5.39. The summed E-state index contributed by atoms with van der Waals surface area (Å²) in [6.07, 6.45) is 0.961. The van der Waals surface area contributed by atoms with Gasteiger partial charge in [-0.2, -0.15) is 5.10 Å². The van der Waals surface area contributed by atoms with Crippen molar-refractivity contribution in [3.05, 3.63) is 61.7 Å². The molecule has 2 N–H and O–H groups in total. The maximum Gasteiger partial charge on any atom is 0.214 e. The molecule has 3 aromatic rings. The van der Waals surface area contributed by atoms with Crippen molar-refractivity contribution in [2.45, 2.75) is 19.9 Å². The summed E-state index contributed by atoms with van der Waals surface area (Å²) in [6, 6.07) is 14.0. The summed E-state index contributed by atoms with van der Waals surface area (Å²) in [4.78, 5) is 0. The van der Waals surface area contributed by atoms with Crippen LogP contribution in [0.15, 0.2) is 51.4 Å². The standard InChI is InChI=1S/C18H18Br2N4OS/c1-2-8-25-16-14(19)9-12(10-15(16)20)11-21-24-17(22-23-18(24)26)13-6-4-3-5-7-13/h3-7,9-10,21H,2,8,11H2,1H3,(H,23,26). The van der Waals surface area contributed by atoms with Crippen molar-refractivity contribution in [3.63, 3.8) is 0 Å². The minimum Gasteiger partial charge on any atom is -0.491 e. The molecule has 0 amide bonds. The number of aromatic amines is 1. The quantitative estimate of drug-likeness (QED) is 0.413. The zero-order valence-corrected chi connectivity index (χ0v) is 18.1. The first-order valence-electron chi connectivity index (χ1n) is 8.17. The molecule has 0 bridgehead atoms. The lowest BCUT2D eigenvalue weighted by atomic mass is 10.2. The molecule has 2 aromatic carbocycles. The van der Waals surface area contributed by atoms with E-state index in [1.54, 1.807) is 4.68 Å². The smallest absolute Gasteiger partial charge is 0.214 e. The van der Waals surface area contributed by atoms with Crippen LogP contribution in [0.1, 0.15) is 18.9 Å². The van der Waals surface area contributed by atoms with Gasteiger partial charge in [-0.3, -0.25) is 0 Å². The molecular formula is C18H18Br2N4OS. The molecule has 8 heteroatoms. The van der Waals surface area contributed by atoms with Crippen molar-refractivity contribution in [1.29, 1.82) is 0 Å². The van der Waals surface area contributed by atoms with Gasteiger partial charge in [-0.15, -0.1) is 0 Å². The highest BCUT2D eigenvalue weighted by molar-refractivity contribution is 9.11. The molecule has 0 atom stereocenters. The first kappa shape index (κ1) is 19.1. The van der Waals surface area contributed by atoms with Crippen LogP contribution in [0.25, 0.3) is 11.4 Å². The molecule has 0 saturated carbocycles. The Morgan fingerprint density at radius 2 is 1.88 bits per heavy atom. The van der Waals surface area contributed by atoms with E-state index in [4.69, 9.17) is 17.0 Å². The van der Waals surface area contributed by atoms with E-state index >= 15 is 0 Å². The van der Waals surface area contributed by atoms with E-state index in [0.29, 0.717) is 17.9 Å². The van der Waals surface area contributed by atoms with Crippen LogP contribution in [0.2, 0.25) is 0 Å². The fourth-order valence-corrected chi connectivity index (χ4v) is 4.16. The van der Waals surface area contributed by atoms with Gasteiger partial charge >= 0.3 is 0 Å². The summed E-state index contributed by atoms with van der Waals surface area (Å²) in [7, 11) is 0. The predicted molar refractivity (Wildman–Crippen MR) is 114 cm³/mol. The van der Waals surface area contributed by atoms with Gasteiger partial charge in [-0.1, -0.05) is 37.3 Å². The van der Waals surface area contributed by atoms with E-state index in [1.807, 2.05) is 42.5 Å². The third-order valence-corrected chi connectivity index (χ3v) is 5.11. The van der Waals surface area contributed by atoms with Crippen molar-refractivity contribution in [3.8, 4) is 17.1 Å². The minimum atomic E-state index is 0.518. The van der Waals surface area contributed by atoms with E-state index in [1.165, 1.54) is 0 Å². The SMILES string of the molecule is CCCOc1c(Br)cc(CNn2c(-c3ccccc3)n[nH]c2=S)cc1Br. The number of nitrogens with zero attached hydrogens (tertiary/aromatic N) is 2. The number of rotatable bonds is 7. The average Bonchev–Trinajstić information content (AvgIpc) is 3.01. The maximum absolute atomic E-state index is 5.77. The van der Waals surface area contributed by atoms with Crippen molar-refractivity contribution >= 4 is 44.1 Å². The Labute approximate surface area is 174 Å². The summed E-state index contributed by atoms with van der Waals surface area (Å²) in [5, 5.41) is 7.17. The third-order valence-electron chi connectivity index (χ3n) is 3.65. The number of hydrogen-bond donors (Lipinski definition) is 2. The van der Waals surface area contributed by atoms with Crippen LogP contribution < -0.4 is 10.2 Å². The molecule has 1 heterocycles. The molecule has 0 spiro atoms. The zero-order valence-electron chi connectivity index (χ0n) is 14.1. The molecule has 26 heavy (non-hydrogen) atoms. The van der Waals surface area contributed by atoms with Gasteiger partial charge in [0.05, 0.1) is 22.1 Å². The van der Waals surface area contributed by atoms with Gasteiger partial charge < -0.3 is 10.2 Å². The summed E-state index contributed by atoms with van der Waals surface area (Å²) in [6.45, 7) is 3.34. The van der Waals surface area contributed by atoms with Crippen molar-refractivity contribution in [1.82, 2.24) is 14.9 Å². The second-order valence-corrected chi connectivity index (χ2v) is 7.72. The predicted octanol–water partition coefficient (Wildman–Crippen LogP) is 5.67. The number of ether oxygens (including phenoxy) is 1. The topological polar surface area (TPSA) is 54.9 Å². The highest BCUT2D eigenvalue weighted by Gasteiger charge is 2.11. The molecule has 136 valence electrons. The van der Waals surface area contributed by atoms with Crippen molar-refractivity contribution < 1.29 is 4.74 Å². The monoisotopic (exact) mass is 496 g/mol. The van der Waals surface area contributed by atoms with Crippen LogP contribution in [0.4, 0.5) is 0 Å². The van der Waals surface area contributed by atoms with Gasteiger partial charge in [0.15, 0.2) is 5.82 Å². The van der Waals surface area contributed by atoms with E-state index in [2.05, 4.69) is 54.4 Å². The molecule has 0 fully saturated rings. The molecule has 5 nitrogen and oxygen atoms in total. The van der Waals surface area contributed by atoms with Crippen LogP contribution in [-0.2, 0) is 6.54 Å². The molecular weight excluding hydrogens is 480 g/mol. The second-order valence-electron chi connectivity index (χ2n) is 5.63. The number of halogens is 2. The molecule has 1 aromatic heterocycles. The first-order chi connectivity index (χ1) is 12.6. The van der Waals surface area contributed by atoms with E-state index in [9.17, 15) is 0 Å². The number of H-pyrrole nitrogens is 1. The fraction of sp³-hybridized carbons (Fsp3) is 0.222. The summed E-state index contributed by atoms with van der Waals surface area (Å²) in [5.74, 6) is 1.57. The van der Waals surface area contributed by atoms with Crippen LogP contribution in [0.5, 0.6) is 5.75 Å². The highest BCUT2D eigenvalue weighted by Crippen LogP contribution is 2.35. The van der Waals surface area contributed by atoms with Gasteiger partial charge in [-0.05, 0) is 68.2 Å². The lowest BCUT2D eigenvalue weighted by Crippen LogP contribution is -2.16. The fourth-order valence-electron chi connectivity index (χ4n) is 2.45. The Balaban J connectivity index is 1.80. The van der Waals surface area contributed by atoms with E-state index in [0.717, 1.165) is 38.1 Å². The van der Waals surface area contributed by atoms with Crippen LogP contribution in [-0.4, -0.2) is 21.5 Å². The average molecular weight is 498 g/mol. The maximum atomic E-state index is 5.77. The van der Waals surface area contributed by atoms with Gasteiger partial charge in [0.25, 0.3) is 0 Å². The first-order valence-corrected chi connectivity index (χ1v) is 10.2. The Morgan fingerprint density at radius 3 is 2.54 bits per heavy atom. The Hall–Kier alpha value is -1.64.